The number of carbonyl (C=O) groups excluding carboxylic acids is 2. The van der Waals surface area contributed by atoms with Gasteiger partial charge in [0.2, 0.25) is 5.60 Å². The molecule has 2 aliphatic heterocycles. The number of nitrogens with zero attached hydrogens (tertiary/aromatic N) is 3. The van der Waals surface area contributed by atoms with Gasteiger partial charge in [0.25, 0.3) is 17.7 Å². The van der Waals surface area contributed by atoms with Crippen LogP contribution in [0.2, 0.25) is 5.02 Å². The Bertz CT molecular complexity index is 1360. The third kappa shape index (κ3) is 7.54. The summed E-state index contributed by atoms with van der Waals surface area (Å²) in [5.74, 6) is -3.72. The number of hydrogen-bond donors (Lipinski definition) is 0. The number of likely N-dealkylation sites (tertiary alicyclic amines) is 1. The highest BCUT2D eigenvalue weighted by Gasteiger charge is 2.60. The number of amides is 2. The fourth-order valence-corrected chi connectivity index (χ4v) is 7.17. The predicted octanol–water partition coefficient (Wildman–Crippen LogP) is 7.59. The van der Waals surface area contributed by atoms with E-state index in [4.69, 9.17) is 16.3 Å². The molecule has 2 aliphatic rings. The van der Waals surface area contributed by atoms with Crippen LogP contribution in [0.15, 0.2) is 55.1 Å². The van der Waals surface area contributed by atoms with E-state index in [0.717, 1.165) is 63.4 Å². The minimum absolute atomic E-state index is 0.0165. The zero-order chi connectivity index (χ0) is 33.0. The monoisotopic (exact) mass is 643 g/mol. The van der Waals surface area contributed by atoms with Crippen LogP contribution in [0.1, 0.15) is 74.4 Å². The van der Waals surface area contributed by atoms with Gasteiger partial charge < -0.3 is 19.4 Å². The molecule has 0 spiro atoms. The van der Waals surface area contributed by atoms with Crippen molar-refractivity contribution in [2.45, 2.75) is 70.8 Å². The summed E-state index contributed by atoms with van der Waals surface area (Å²) >= 11 is 6.47. The van der Waals surface area contributed by atoms with E-state index in [1.54, 1.807) is 43.3 Å². The quantitative estimate of drug-likeness (QED) is 0.237. The summed E-state index contributed by atoms with van der Waals surface area (Å²) in [6.07, 6.45) is 6.65. The molecule has 0 radical (unpaired) electrons. The SMILES string of the molecule is C=CCO[C@@](C(=O)N1CCC(C)(CC2CCN(c3ccc(C(=O)N(C)C)c(Cl)c3)CC2)CC1)(c1cccc(CC)c1)C(C)(F)F. The van der Waals surface area contributed by atoms with Crippen molar-refractivity contribution >= 4 is 29.1 Å². The Kier molecular flexibility index (Phi) is 11.0. The Labute approximate surface area is 272 Å². The molecule has 0 aromatic heterocycles. The highest BCUT2D eigenvalue weighted by atomic mass is 35.5. The number of benzene rings is 2. The number of halogens is 3. The summed E-state index contributed by atoms with van der Waals surface area (Å²) in [7, 11) is 3.42. The number of ether oxygens (including phenoxy) is 1. The Morgan fingerprint density at radius 3 is 2.33 bits per heavy atom. The maximum absolute atomic E-state index is 15.6. The van der Waals surface area contributed by atoms with Gasteiger partial charge in [-0.1, -0.05) is 55.8 Å². The first kappa shape index (κ1) is 34.9. The molecule has 9 heteroatoms. The average molecular weight is 644 g/mol. The molecule has 0 unspecified atom stereocenters. The smallest absolute Gasteiger partial charge is 0.287 e. The van der Waals surface area contributed by atoms with Crippen molar-refractivity contribution < 1.29 is 23.1 Å². The Morgan fingerprint density at radius 1 is 1.11 bits per heavy atom. The van der Waals surface area contributed by atoms with Crippen molar-refractivity contribution in [2.24, 2.45) is 11.3 Å². The van der Waals surface area contributed by atoms with Crippen LogP contribution in [0.3, 0.4) is 0 Å². The molecule has 246 valence electrons. The summed E-state index contributed by atoms with van der Waals surface area (Å²) < 4.78 is 37.0. The van der Waals surface area contributed by atoms with E-state index in [-0.39, 0.29) is 23.5 Å². The number of hydrogen-bond acceptors (Lipinski definition) is 4. The van der Waals surface area contributed by atoms with Crippen molar-refractivity contribution in [3.63, 3.8) is 0 Å². The summed E-state index contributed by atoms with van der Waals surface area (Å²) in [5, 5.41) is 0.458. The van der Waals surface area contributed by atoms with Gasteiger partial charge in [0.15, 0.2) is 0 Å². The van der Waals surface area contributed by atoms with E-state index < -0.39 is 17.4 Å². The van der Waals surface area contributed by atoms with Crippen molar-refractivity contribution in [3.8, 4) is 0 Å². The molecular weight excluding hydrogens is 596 g/mol. The second-order valence-corrected chi connectivity index (χ2v) is 13.7. The van der Waals surface area contributed by atoms with Gasteiger partial charge in [0, 0.05) is 52.9 Å². The molecule has 2 amide bonds. The molecule has 0 N–H and O–H groups in total. The van der Waals surface area contributed by atoms with Gasteiger partial charge in [-0.25, -0.2) is 8.78 Å². The van der Waals surface area contributed by atoms with Crippen LogP contribution in [0.25, 0.3) is 0 Å². The normalized spacial score (nSPS) is 18.8. The second kappa shape index (κ2) is 14.2. The van der Waals surface area contributed by atoms with Crippen LogP contribution in [-0.2, 0) is 21.6 Å². The van der Waals surface area contributed by atoms with Crippen LogP contribution in [0, 0.1) is 11.3 Å². The molecule has 2 heterocycles. The minimum Gasteiger partial charge on any atom is -0.371 e. The number of alkyl halides is 2. The van der Waals surface area contributed by atoms with Crippen LogP contribution in [-0.4, -0.2) is 74.4 Å². The van der Waals surface area contributed by atoms with E-state index in [1.165, 1.54) is 11.0 Å². The first-order chi connectivity index (χ1) is 21.2. The maximum Gasteiger partial charge on any atom is 0.287 e. The van der Waals surface area contributed by atoms with Crippen molar-refractivity contribution in [3.05, 3.63) is 76.8 Å². The number of aryl methyl sites for hydroxylation is 1. The van der Waals surface area contributed by atoms with Gasteiger partial charge in [-0.05, 0) is 79.2 Å². The van der Waals surface area contributed by atoms with Gasteiger partial charge in [-0.3, -0.25) is 9.59 Å². The molecule has 0 saturated carbocycles. The molecule has 0 bridgehead atoms. The minimum atomic E-state index is -3.46. The van der Waals surface area contributed by atoms with Gasteiger partial charge in [-0.15, -0.1) is 6.58 Å². The fraction of sp³-hybridized carbons (Fsp3) is 0.556. The van der Waals surface area contributed by atoms with E-state index in [9.17, 15) is 9.59 Å². The lowest BCUT2D eigenvalue weighted by Crippen LogP contribution is -2.59. The highest BCUT2D eigenvalue weighted by molar-refractivity contribution is 6.34. The van der Waals surface area contributed by atoms with E-state index in [2.05, 4.69) is 18.4 Å². The largest absolute Gasteiger partial charge is 0.371 e. The van der Waals surface area contributed by atoms with Crippen LogP contribution in [0.4, 0.5) is 14.5 Å². The lowest BCUT2D eigenvalue weighted by molar-refractivity contribution is -0.215. The topological polar surface area (TPSA) is 53.1 Å². The van der Waals surface area contributed by atoms with Crippen molar-refractivity contribution in [1.29, 1.82) is 0 Å². The van der Waals surface area contributed by atoms with Gasteiger partial charge in [0.05, 0.1) is 17.2 Å². The Balaban J connectivity index is 1.40. The summed E-state index contributed by atoms with van der Waals surface area (Å²) in [6.45, 7) is 11.1. The van der Waals surface area contributed by atoms with E-state index in [0.29, 0.717) is 36.0 Å². The molecule has 2 fully saturated rings. The second-order valence-electron chi connectivity index (χ2n) is 13.3. The Hall–Kier alpha value is -2.97. The molecule has 2 saturated heterocycles. The van der Waals surface area contributed by atoms with Crippen LogP contribution in [0.5, 0.6) is 0 Å². The van der Waals surface area contributed by atoms with E-state index >= 15 is 8.78 Å². The Morgan fingerprint density at radius 2 is 1.78 bits per heavy atom. The zero-order valence-electron chi connectivity index (χ0n) is 27.4. The first-order valence-corrected chi connectivity index (χ1v) is 16.4. The lowest BCUT2D eigenvalue weighted by Gasteiger charge is -2.46. The molecule has 1 atom stereocenters. The van der Waals surface area contributed by atoms with Crippen LogP contribution >= 0.6 is 11.6 Å². The number of anilines is 1. The maximum atomic E-state index is 15.6. The summed E-state index contributed by atoms with van der Waals surface area (Å²) in [6, 6.07) is 12.5. The molecule has 2 aromatic rings. The number of piperidine rings is 2. The summed E-state index contributed by atoms with van der Waals surface area (Å²) in [4.78, 5) is 31.9. The molecule has 2 aromatic carbocycles. The predicted molar refractivity (Wildman–Crippen MR) is 177 cm³/mol. The third-order valence-electron chi connectivity index (χ3n) is 9.69. The van der Waals surface area contributed by atoms with E-state index in [1.807, 2.05) is 25.1 Å². The summed E-state index contributed by atoms with van der Waals surface area (Å²) in [5.41, 5.74) is 0.163. The van der Waals surface area contributed by atoms with Crippen molar-refractivity contribution in [1.82, 2.24) is 9.80 Å². The third-order valence-corrected chi connectivity index (χ3v) is 10.00. The van der Waals surface area contributed by atoms with Crippen LogP contribution < -0.4 is 4.90 Å². The van der Waals surface area contributed by atoms with Crippen molar-refractivity contribution in [2.75, 3.05) is 51.8 Å². The fourth-order valence-electron chi connectivity index (χ4n) is 6.91. The molecule has 4 rings (SSSR count). The van der Waals surface area contributed by atoms with Gasteiger partial charge in [0.1, 0.15) is 0 Å². The molecule has 0 aliphatic carbocycles. The zero-order valence-corrected chi connectivity index (χ0v) is 28.1. The van der Waals surface area contributed by atoms with Gasteiger partial charge >= 0.3 is 0 Å². The van der Waals surface area contributed by atoms with Gasteiger partial charge in [-0.2, -0.15) is 0 Å². The lowest BCUT2D eigenvalue weighted by atomic mass is 9.71. The molecule has 6 nitrogen and oxygen atoms in total. The number of carbonyl (C=O) groups is 2. The molecule has 45 heavy (non-hydrogen) atoms. The highest BCUT2D eigenvalue weighted by Crippen LogP contribution is 2.46. The molecular formula is C36H48ClF2N3O3. The average Bonchev–Trinajstić information content (AvgIpc) is 3.01. The standard InChI is InChI=1S/C36H48ClF2N3O3/c1-7-22-45-36(35(4,38)39,28-11-9-10-26(8-2)23-28)33(44)42-20-16-34(3,17-21-42)25-27-14-18-41(19-15-27)29-12-13-30(31(37)24-29)32(43)40(5)6/h7,9-13,23-24,27H,1,8,14-22,25H2,2-6H3/t36-/m1/s1. The number of rotatable bonds is 11. The first-order valence-electron chi connectivity index (χ1n) is 16.0.